The number of aliphatic hydroxyl groups excluding tert-OH is 1. The van der Waals surface area contributed by atoms with Gasteiger partial charge in [0.2, 0.25) is 0 Å². The molecule has 0 aliphatic rings. The first-order chi connectivity index (χ1) is 4.98. The predicted molar refractivity (Wildman–Crippen MR) is 45.4 cm³/mol. The van der Waals surface area contributed by atoms with Crippen LogP contribution < -0.4 is 0 Å². The molecule has 0 bridgehead atoms. The van der Waals surface area contributed by atoms with E-state index in [1.165, 1.54) is 0 Å². The van der Waals surface area contributed by atoms with E-state index in [1.54, 1.807) is 0 Å². The van der Waals surface area contributed by atoms with E-state index in [4.69, 9.17) is 5.11 Å². The van der Waals surface area contributed by atoms with E-state index in [2.05, 4.69) is 0 Å². The van der Waals surface area contributed by atoms with E-state index >= 15 is 0 Å². The summed E-state index contributed by atoms with van der Waals surface area (Å²) in [6, 6.07) is 0. The summed E-state index contributed by atoms with van der Waals surface area (Å²) in [6.45, 7) is 5.97. The highest BCUT2D eigenvalue weighted by Crippen LogP contribution is 2.17. The van der Waals surface area contributed by atoms with E-state index in [9.17, 15) is 4.79 Å². The highest BCUT2D eigenvalue weighted by Gasteiger charge is 2.19. The molecule has 0 fully saturated rings. The summed E-state index contributed by atoms with van der Waals surface area (Å²) in [4.78, 5) is 11.3. The molecule has 0 aliphatic heterocycles. The maximum absolute atomic E-state index is 11.3. The van der Waals surface area contributed by atoms with Gasteiger partial charge in [0.05, 0.1) is 0 Å². The van der Waals surface area contributed by atoms with Gasteiger partial charge < -0.3 is 5.11 Å². The zero-order chi connectivity index (χ0) is 8.91. The zero-order valence-electron chi connectivity index (χ0n) is 7.68. The van der Waals surface area contributed by atoms with Crippen molar-refractivity contribution in [2.24, 2.45) is 5.41 Å². The van der Waals surface area contributed by atoms with E-state index in [0.717, 1.165) is 12.8 Å². The van der Waals surface area contributed by atoms with Gasteiger partial charge in [-0.1, -0.05) is 20.8 Å². The second-order valence-electron chi connectivity index (χ2n) is 3.85. The number of ketones is 1. The molecule has 0 aromatic carbocycles. The van der Waals surface area contributed by atoms with Crippen LogP contribution in [0.3, 0.4) is 0 Å². The SMILES string of the molecule is CC(C)(C)C(=O)CCCCO. The number of unbranched alkanes of at least 4 members (excludes halogenated alkanes) is 1. The Morgan fingerprint density at radius 3 is 2.18 bits per heavy atom. The maximum atomic E-state index is 11.3. The van der Waals surface area contributed by atoms with Crippen molar-refractivity contribution in [2.45, 2.75) is 40.0 Å². The third-order valence-electron chi connectivity index (χ3n) is 1.65. The van der Waals surface area contributed by atoms with Crippen molar-refractivity contribution >= 4 is 5.78 Å². The molecule has 2 heteroatoms. The van der Waals surface area contributed by atoms with Crippen LogP contribution in [0.15, 0.2) is 0 Å². The smallest absolute Gasteiger partial charge is 0.138 e. The molecule has 0 heterocycles. The van der Waals surface area contributed by atoms with Gasteiger partial charge in [0.25, 0.3) is 0 Å². The summed E-state index contributed by atoms with van der Waals surface area (Å²) in [5.74, 6) is 0.283. The standard InChI is InChI=1S/C9H18O2/c1-9(2,3)8(11)6-4-5-7-10/h10H,4-7H2,1-3H3. The van der Waals surface area contributed by atoms with E-state index in [1.807, 2.05) is 20.8 Å². The molecule has 0 aromatic rings. The molecule has 0 aromatic heterocycles. The Balaban J connectivity index is 3.54. The van der Waals surface area contributed by atoms with Crippen molar-refractivity contribution in [3.63, 3.8) is 0 Å². The molecule has 11 heavy (non-hydrogen) atoms. The van der Waals surface area contributed by atoms with E-state index in [0.29, 0.717) is 6.42 Å². The van der Waals surface area contributed by atoms with Crippen LogP contribution in [0.4, 0.5) is 0 Å². The van der Waals surface area contributed by atoms with Crippen LogP contribution in [0.25, 0.3) is 0 Å². The Labute approximate surface area is 68.6 Å². The second kappa shape index (κ2) is 4.50. The first-order valence-corrected chi connectivity index (χ1v) is 4.12. The fraction of sp³-hybridized carbons (Fsp3) is 0.889. The van der Waals surface area contributed by atoms with Crippen molar-refractivity contribution in [2.75, 3.05) is 6.61 Å². The number of Topliss-reactive ketones (excluding diaryl/α,β-unsaturated/α-hetero) is 1. The van der Waals surface area contributed by atoms with Crippen LogP contribution in [-0.4, -0.2) is 17.5 Å². The van der Waals surface area contributed by atoms with E-state index in [-0.39, 0.29) is 17.8 Å². The Morgan fingerprint density at radius 1 is 1.27 bits per heavy atom. The normalized spacial score (nSPS) is 11.6. The van der Waals surface area contributed by atoms with Crippen LogP contribution in [0, 0.1) is 5.41 Å². The van der Waals surface area contributed by atoms with Crippen molar-refractivity contribution in [1.29, 1.82) is 0 Å². The topological polar surface area (TPSA) is 37.3 Å². The summed E-state index contributed by atoms with van der Waals surface area (Å²) >= 11 is 0. The maximum Gasteiger partial charge on any atom is 0.138 e. The minimum Gasteiger partial charge on any atom is -0.396 e. The van der Waals surface area contributed by atoms with Gasteiger partial charge in [-0.05, 0) is 12.8 Å². The third-order valence-corrected chi connectivity index (χ3v) is 1.65. The Kier molecular flexibility index (Phi) is 4.34. The fourth-order valence-corrected chi connectivity index (χ4v) is 0.772. The first-order valence-electron chi connectivity index (χ1n) is 4.12. The molecule has 0 amide bonds. The lowest BCUT2D eigenvalue weighted by atomic mass is 9.88. The molecule has 0 spiro atoms. The van der Waals surface area contributed by atoms with Crippen LogP contribution in [0.2, 0.25) is 0 Å². The lowest BCUT2D eigenvalue weighted by Gasteiger charge is -2.15. The molecule has 0 atom stereocenters. The molecule has 0 saturated heterocycles. The highest BCUT2D eigenvalue weighted by molar-refractivity contribution is 5.83. The molecular weight excluding hydrogens is 140 g/mol. The monoisotopic (exact) mass is 158 g/mol. The van der Waals surface area contributed by atoms with Gasteiger partial charge in [-0.2, -0.15) is 0 Å². The van der Waals surface area contributed by atoms with Crippen molar-refractivity contribution in [3.8, 4) is 0 Å². The first kappa shape index (κ1) is 10.6. The van der Waals surface area contributed by atoms with Gasteiger partial charge in [-0.25, -0.2) is 0 Å². The van der Waals surface area contributed by atoms with Gasteiger partial charge in [0.15, 0.2) is 0 Å². The van der Waals surface area contributed by atoms with Crippen molar-refractivity contribution in [1.82, 2.24) is 0 Å². The lowest BCUT2D eigenvalue weighted by Crippen LogP contribution is -2.19. The van der Waals surface area contributed by atoms with E-state index < -0.39 is 0 Å². The third kappa shape index (κ3) is 4.96. The number of hydrogen-bond donors (Lipinski definition) is 1. The average Bonchev–Trinajstić information content (AvgIpc) is 1.86. The molecule has 0 saturated carbocycles. The zero-order valence-corrected chi connectivity index (χ0v) is 7.68. The number of hydrogen-bond acceptors (Lipinski definition) is 2. The van der Waals surface area contributed by atoms with Crippen molar-refractivity contribution < 1.29 is 9.90 Å². The summed E-state index contributed by atoms with van der Waals surface area (Å²) in [5, 5.41) is 8.47. The Bertz CT molecular complexity index is 122. The average molecular weight is 158 g/mol. The Morgan fingerprint density at radius 2 is 1.82 bits per heavy atom. The van der Waals surface area contributed by atoms with Gasteiger partial charge >= 0.3 is 0 Å². The van der Waals surface area contributed by atoms with Gasteiger partial charge in [-0.3, -0.25) is 4.79 Å². The van der Waals surface area contributed by atoms with Crippen LogP contribution in [0.1, 0.15) is 40.0 Å². The largest absolute Gasteiger partial charge is 0.396 e. The van der Waals surface area contributed by atoms with Crippen LogP contribution in [0.5, 0.6) is 0 Å². The molecule has 1 N–H and O–H groups in total. The fourth-order valence-electron chi connectivity index (χ4n) is 0.772. The quantitative estimate of drug-likeness (QED) is 0.633. The summed E-state index contributed by atoms with van der Waals surface area (Å²) < 4.78 is 0. The second-order valence-corrected chi connectivity index (χ2v) is 3.85. The number of carbonyl (C=O) groups excluding carboxylic acids is 1. The van der Waals surface area contributed by atoms with Crippen LogP contribution in [-0.2, 0) is 4.79 Å². The summed E-state index contributed by atoms with van der Waals surface area (Å²) in [7, 11) is 0. The van der Waals surface area contributed by atoms with Gasteiger partial charge in [0.1, 0.15) is 5.78 Å². The number of rotatable bonds is 4. The molecular formula is C9H18O2. The molecule has 0 aliphatic carbocycles. The summed E-state index contributed by atoms with van der Waals surface area (Å²) in [6.07, 6.45) is 2.15. The number of aliphatic hydroxyl groups is 1. The minimum absolute atomic E-state index is 0.192. The lowest BCUT2D eigenvalue weighted by molar-refractivity contribution is -0.126. The molecule has 0 radical (unpaired) electrons. The molecule has 66 valence electrons. The van der Waals surface area contributed by atoms with Gasteiger partial charge in [-0.15, -0.1) is 0 Å². The predicted octanol–water partition coefficient (Wildman–Crippen LogP) is 1.76. The molecule has 2 nitrogen and oxygen atoms in total. The molecule has 0 rings (SSSR count). The highest BCUT2D eigenvalue weighted by atomic mass is 16.2. The molecule has 0 unspecified atom stereocenters. The number of carbonyl (C=O) groups is 1. The van der Waals surface area contributed by atoms with Crippen LogP contribution >= 0.6 is 0 Å². The minimum atomic E-state index is -0.213. The Hall–Kier alpha value is -0.370. The summed E-state index contributed by atoms with van der Waals surface area (Å²) in [5.41, 5.74) is -0.213. The van der Waals surface area contributed by atoms with Gasteiger partial charge in [0, 0.05) is 18.4 Å². The van der Waals surface area contributed by atoms with Crippen molar-refractivity contribution in [3.05, 3.63) is 0 Å².